The molecule has 9 heteroatoms. The van der Waals surface area contributed by atoms with Gasteiger partial charge in [0, 0.05) is 17.8 Å². The number of hydrogen-bond acceptors (Lipinski definition) is 3. The normalized spacial score (nSPS) is 16.8. The summed E-state index contributed by atoms with van der Waals surface area (Å²) in [5, 5.41) is 2.64. The number of carbonyl (C=O) groups is 2. The number of nitrogens with zero attached hydrogens (tertiary/aromatic N) is 1. The number of ether oxygens (including phenoxy) is 1. The Bertz CT molecular complexity index is 1540. The van der Waals surface area contributed by atoms with Crippen LogP contribution in [0.1, 0.15) is 44.6 Å². The van der Waals surface area contributed by atoms with Crippen LogP contribution in [0.4, 0.5) is 23.2 Å². The third-order valence-corrected chi connectivity index (χ3v) is 6.90. The number of halogens is 4. The lowest BCUT2D eigenvalue weighted by Gasteiger charge is -2.42. The van der Waals surface area contributed by atoms with Crippen LogP contribution in [0.5, 0.6) is 5.75 Å². The predicted molar refractivity (Wildman–Crippen MR) is 141 cm³/mol. The van der Waals surface area contributed by atoms with Crippen molar-refractivity contribution in [3.63, 3.8) is 0 Å². The van der Waals surface area contributed by atoms with Crippen molar-refractivity contribution in [2.24, 2.45) is 0 Å². The zero-order valence-corrected chi connectivity index (χ0v) is 21.3. The molecule has 0 aromatic heterocycles. The van der Waals surface area contributed by atoms with E-state index in [0.29, 0.717) is 28.0 Å². The van der Waals surface area contributed by atoms with Gasteiger partial charge in [0.2, 0.25) is 5.91 Å². The van der Waals surface area contributed by atoms with Gasteiger partial charge in [0.25, 0.3) is 5.91 Å². The largest absolute Gasteiger partial charge is 0.497 e. The van der Waals surface area contributed by atoms with Crippen LogP contribution in [0.2, 0.25) is 0 Å². The lowest BCUT2D eigenvalue weighted by atomic mass is 9.79. The summed E-state index contributed by atoms with van der Waals surface area (Å²) in [7, 11) is 1.52. The molecule has 1 aliphatic heterocycles. The van der Waals surface area contributed by atoms with Crippen molar-refractivity contribution in [3.05, 3.63) is 131 Å². The highest BCUT2D eigenvalue weighted by Gasteiger charge is 2.44. The Balaban J connectivity index is 1.61. The third-order valence-electron chi connectivity index (χ3n) is 6.90. The molecule has 1 aliphatic rings. The Kier molecular flexibility index (Phi) is 7.30. The summed E-state index contributed by atoms with van der Waals surface area (Å²) in [4.78, 5) is 29.3. The summed E-state index contributed by atoms with van der Waals surface area (Å²) in [5.41, 5.74) is 1.10. The van der Waals surface area contributed by atoms with E-state index in [1.165, 1.54) is 36.3 Å². The number of benzene rings is 4. The van der Waals surface area contributed by atoms with Gasteiger partial charge in [-0.25, -0.2) is 4.39 Å². The first-order valence-electron chi connectivity index (χ1n) is 12.4. The molecule has 2 atom stereocenters. The summed E-state index contributed by atoms with van der Waals surface area (Å²) < 4.78 is 58.9. The van der Waals surface area contributed by atoms with Crippen LogP contribution in [0.3, 0.4) is 0 Å². The quantitative estimate of drug-likeness (QED) is 0.265. The number of fused-ring (bicyclic) bond motifs is 1. The minimum absolute atomic E-state index is 0.0206. The summed E-state index contributed by atoms with van der Waals surface area (Å²) >= 11 is 0. The van der Waals surface area contributed by atoms with Gasteiger partial charge >= 0.3 is 6.18 Å². The van der Waals surface area contributed by atoms with E-state index >= 15 is 0 Å². The predicted octanol–water partition coefficient (Wildman–Crippen LogP) is 6.97. The second kappa shape index (κ2) is 10.8. The van der Waals surface area contributed by atoms with Crippen LogP contribution in [-0.2, 0) is 17.5 Å². The van der Waals surface area contributed by atoms with Crippen molar-refractivity contribution in [3.8, 4) is 5.75 Å². The minimum atomic E-state index is -4.58. The average molecular weight is 549 g/mol. The minimum Gasteiger partial charge on any atom is -0.497 e. The zero-order valence-electron chi connectivity index (χ0n) is 21.3. The van der Waals surface area contributed by atoms with E-state index in [1.807, 2.05) is 0 Å². The highest BCUT2D eigenvalue weighted by atomic mass is 19.4. The van der Waals surface area contributed by atoms with E-state index in [4.69, 9.17) is 4.74 Å². The molecular formula is C31H24F4N2O3. The van der Waals surface area contributed by atoms with E-state index in [2.05, 4.69) is 5.32 Å². The Labute approximate surface area is 228 Å². The molecule has 4 aromatic rings. The molecule has 0 bridgehead atoms. The summed E-state index contributed by atoms with van der Waals surface area (Å²) in [6.45, 7) is 0.0669. The Morgan fingerprint density at radius 2 is 1.62 bits per heavy atom. The zero-order chi connectivity index (χ0) is 28.4. The molecule has 0 fully saturated rings. The molecule has 1 heterocycles. The van der Waals surface area contributed by atoms with E-state index in [-0.39, 0.29) is 18.1 Å². The number of hydrogen-bond donors (Lipinski definition) is 1. The first-order chi connectivity index (χ1) is 19.2. The molecular weight excluding hydrogens is 524 g/mol. The van der Waals surface area contributed by atoms with Gasteiger partial charge in [-0.3, -0.25) is 9.59 Å². The molecule has 40 heavy (non-hydrogen) atoms. The van der Waals surface area contributed by atoms with Gasteiger partial charge in [0.05, 0.1) is 24.6 Å². The molecule has 0 radical (unpaired) electrons. The van der Waals surface area contributed by atoms with Crippen LogP contribution < -0.4 is 10.1 Å². The molecule has 0 aliphatic carbocycles. The number of alkyl halides is 3. The van der Waals surface area contributed by atoms with Gasteiger partial charge in [-0.1, -0.05) is 48.5 Å². The van der Waals surface area contributed by atoms with Gasteiger partial charge in [0.1, 0.15) is 11.6 Å². The van der Waals surface area contributed by atoms with Gasteiger partial charge in [0.15, 0.2) is 0 Å². The van der Waals surface area contributed by atoms with Crippen LogP contribution in [0, 0.1) is 5.82 Å². The van der Waals surface area contributed by atoms with E-state index < -0.39 is 35.4 Å². The Morgan fingerprint density at radius 3 is 2.30 bits per heavy atom. The average Bonchev–Trinajstić information content (AvgIpc) is 2.95. The van der Waals surface area contributed by atoms with Crippen molar-refractivity contribution in [2.45, 2.75) is 24.7 Å². The summed E-state index contributed by atoms with van der Waals surface area (Å²) in [6.07, 6.45) is -4.58. The van der Waals surface area contributed by atoms with Crippen LogP contribution in [-0.4, -0.2) is 23.8 Å². The van der Waals surface area contributed by atoms with Gasteiger partial charge in [-0.2, -0.15) is 13.2 Å². The van der Waals surface area contributed by atoms with E-state index in [0.717, 1.165) is 12.1 Å². The number of methoxy groups -OCH3 is 1. The van der Waals surface area contributed by atoms with Gasteiger partial charge in [-0.15, -0.1) is 0 Å². The number of carbonyl (C=O) groups excluding carboxylic acids is 2. The fraction of sp³-hybridized carbons (Fsp3) is 0.161. The molecule has 0 spiro atoms. The maximum absolute atomic E-state index is 13.9. The first kappa shape index (κ1) is 26.9. The smallest absolute Gasteiger partial charge is 0.416 e. The topological polar surface area (TPSA) is 58.6 Å². The van der Waals surface area contributed by atoms with Crippen molar-refractivity contribution < 1.29 is 31.9 Å². The number of rotatable bonds is 6. The molecule has 0 unspecified atom stereocenters. The fourth-order valence-corrected chi connectivity index (χ4v) is 5.00. The molecule has 2 amide bonds. The molecule has 1 N–H and O–H groups in total. The van der Waals surface area contributed by atoms with Crippen molar-refractivity contribution >= 4 is 17.5 Å². The van der Waals surface area contributed by atoms with Gasteiger partial charge < -0.3 is 15.0 Å². The van der Waals surface area contributed by atoms with Crippen molar-refractivity contribution in [1.29, 1.82) is 0 Å². The van der Waals surface area contributed by atoms with Gasteiger partial charge in [-0.05, 0) is 65.2 Å². The third kappa shape index (κ3) is 5.40. The van der Waals surface area contributed by atoms with Crippen molar-refractivity contribution in [2.75, 3.05) is 12.4 Å². The summed E-state index contributed by atoms with van der Waals surface area (Å²) in [6, 6.07) is 22.8. The van der Waals surface area contributed by atoms with Crippen LogP contribution in [0.25, 0.3) is 0 Å². The molecule has 5 nitrogen and oxygen atoms in total. The first-order valence-corrected chi connectivity index (χ1v) is 12.4. The lowest BCUT2D eigenvalue weighted by molar-refractivity contribution is -0.137. The monoisotopic (exact) mass is 548 g/mol. The maximum atomic E-state index is 13.9. The fourth-order valence-electron chi connectivity index (χ4n) is 5.00. The second-order valence-corrected chi connectivity index (χ2v) is 9.41. The lowest BCUT2D eigenvalue weighted by Crippen LogP contribution is -2.45. The maximum Gasteiger partial charge on any atom is 0.416 e. The molecule has 0 saturated carbocycles. The molecule has 204 valence electrons. The molecule has 4 aromatic carbocycles. The number of anilines is 1. The SMILES string of the molecule is COc1ccc([C@@H]2[C@@H](C(=O)Nc3cccc(C(F)(F)F)c3)c3ccccc3C(=O)N2Cc2ccc(F)cc2)cc1. The van der Waals surface area contributed by atoms with Crippen LogP contribution >= 0.6 is 0 Å². The number of amides is 2. The standard InChI is InChI=1S/C31H24F4N2O3/c1-40-24-15-11-20(12-16-24)28-27(29(38)36-23-6-4-5-21(17-23)31(33,34)35)25-7-2-3-8-26(25)30(39)37(28)18-19-9-13-22(32)14-10-19/h2-17,27-28H,18H2,1H3,(H,36,38)/t27-,28+/m0/s1. The van der Waals surface area contributed by atoms with Crippen LogP contribution in [0.15, 0.2) is 97.1 Å². The Morgan fingerprint density at radius 1 is 0.925 bits per heavy atom. The highest BCUT2D eigenvalue weighted by Crippen LogP contribution is 2.44. The van der Waals surface area contributed by atoms with E-state index in [9.17, 15) is 27.2 Å². The molecule has 5 rings (SSSR count). The Hall–Kier alpha value is -4.66. The van der Waals surface area contributed by atoms with E-state index in [1.54, 1.807) is 60.7 Å². The van der Waals surface area contributed by atoms with Crippen molar-refractivity contribution in [1.82, 2.24) is 4.90 Å². The number of nitrogens with one attached hydrogen (secondary N) is 1. The molecule has 0 saturated heterocycles. The highest BCUT2D eigenvalue weighted by molar-refractivity contribution is 6.04. The second-order valence-electron chi connectivity index (χ2n) is 9.41. The summed E-state index contributed by atoms with van der Waals surface area (Å²) in [5.74, 6) is -1.74.